The van der Waals surface area contributed by atoms with Crippen LogP contribution in [0.5, 0.6) is 0 Å². The zero-order valence-corrected chi connectivity index (χ0v) is 15.4. The van der Waals surface area contributed by atoms with Gasteiger partial charge in [-0.3, -0.25) is 9.59 Å². The van der Waals surface area contributed by atoms with Crippen LogP contribution in [0.3, 0.4) is 0 Å². The van der Waals surface area contributed by atoms with Gasteiger partial charge >= 0.3 is 5.97 Å². The molecular weight excluding hydrogens is 363 g/mol. The van der Waals surface area contributed by atoms with Gasteiger partial charge in [-0.2, -0.15) is 0 Å². The molecule has 1 aliphatic rings. The van der Waals surface area contributed by atoms with E-state index in [1.54, 1.807) is 36.1 Å². The molecule has 0 radical (unpaired) electrons. The molecule has 1 heterocycles. The topological polar surface area (TPSA) is 86.7 Å². The Bertz CT molecular complexity index is 916. The van der Waals surface area contributed by atoms with E-state index in [1.165, 1.54) is 12.1 Å². The molecule has 146 valence electrons. The summed E-state index contributed by atoms with van der Waals surface area (Å²) in [6, 6.07) is 12.2. The number of likely N-dealkylation sites (tertiary alicyclic amines) is 1. The third-order valence-corrected chi connectivity index (χ3v) is 5.02. The molecule has 1 aliphatic heterocycles. The number of piperidine rings is 1. The standard InChI is InChI=1S/C21H21FN2O4/c1-21(20(28)23-17-9-8-15(19(26)27)12-16(17)22)10-5-11-24(13-21)18(25)14-6-3-2-4-7-14/h2-4,6-9,12H,5,10-11,13H2,1H3,(H,23,28)(H,26,27). The molecule has 0 aromatic heterocycles. The van der Waals surface area contributed by atoms with Gasteiger partial charge in [0.05, 0.1) is 16.7 Å². The van der Waals surface area contributed by atoms with Crippen molar-refractivity contribution in [2.24, 2.45) is 5.41 Å². The van der Waals surface area contributed by atoms with Crippen LogP contribution in [0.4, 0.5) is 10.1 Å². The molecule has 2 aromatic carbocycles. The summed E-state index contributed by atoms with van der Waals surface area (Å²) < 4.78 is 14.1. The van der Waals surface area contributed by atoms with Gasteiger partial charge in [-0.1, -0.05) is 18.2 Å². The highest BCUT2D eigenvalue weighted by Gasteiger charge is 2.39. The summed E-state index contributed by atoms with van der Waals surface area (Å²) in [5, 5.41) is 11.5. The summed E-state index contributed by atoms with van der Waals surface area (Å²) in [5.41, 5.74) is -0.593. The molecule has 7 heteroatoms. The molecule has 1 fully saturated rings. The van der Waals surface area contributed by atoms with Gasteiger partial charge in [0.25, 0.3) is 5.91 Å². The van der Waals surface area contributed by atoms with Crippen LogP contribution in [-0.4, -0.2) is 40.9 Å². The fourth-order valence-electron chi connectivity index (χ4n) is 3.38. The minimum atomic E-state index is -1.24. The zero-order chi connectivity index (χ0) is 20.3. The van der Waals surface area contributed by atoms with Crippen molar-refractivity contribution in [1.29, 1.82) is 0 Å². The Hall–Kier alpha value is -3.22. The van der Waals surface area contributed by atoms with Gasteiger partial charge in [0.15, 0.2) is 0 Å². The second kappa shape index (κ2) is 7.80. The number of carbonyl (C=O) groups excluding carboxylic acids is 2. The Labute approximate surface area is 162 Å². The Morgan fingerprint density at radius 1 is 1.11 bits per heavy atom. The van der Waals surface area contributed by atoms with Crippen LogP contribution in [0.25, 0.3) is 0 Å². The van der Waals surface area contributed by atoms with Crippen molar-refractivity contribution in [2.75, 3.05) is 18.4 Å². The second-order valence-electron chi connectivity index (χ2n) is 7.21. The van der Waals surface area contributed by atoms with Crippen molar-refractivity contribution < 1.29 is 23.9 Å². The summed E-state index contributed by atoms with van der Waals surface area (Å²) in [4.78, 5) is 38.1. The van der Waals surface area contributed by atoms with Crippen molar-refractivity contribution >= 4 is 23.5 Å². The summed E-state index contributed by atoms with van der Waals surface area (Å²) >= 11 is 0. The predicted molar refractivity (Wildman–Crippen MR) is 102 cm³/mol. The molecule has 1 saturated heterocycles. The van der Waals surface area contributed by atoms with Crippen molar-refractivity contribution in [3.8, 4) is 0 Å². The molecule has 2 N–H and O–H groups in total. The number of nitrogens with zero attached hydrogens (tertiary/aromatic N) is 1. The van der Waals surface area contributed by atoms with Gasteiger partial charge in [-0.15, -0.1) is 0 Å². The van der Waals surface area contributed by atoms with Crippen molar-refractivity contribution in [2.45, 2.75) is 19.8 Å². The number of amides is 2. The lowest BCUT2D eigenvalue weighted by Crippen LogP contribution is -2.50. The SMILES string of the molecule is CC1(C(=O)Nc2ccc(C(=O)O)cc2F)CCCN(C(=O)c2ccccc2)C1. The summed E-state index contributed by atoms with van der Waals surface area (Å²) in [6.07, 6.45) is 1.22. The Morgan fingerprint density at radius 2 is 1.82 bits per heavy atom. The largest absolute Gasteiger partial charge is 0.478 e. The highest BCUT2D eigenvalue weighted by molar-refractivity contribution is 5.98. The number of carboxylic acid groups (broad SMARTS) is 1. The van der Waals surface area contributed by atoms with Crippen LogP contribution < -0.4 is 5.32 Å². The van der Waals surface area contributed by atoms with Gasteiger partial charge in [-0.05, 0) is 50.1 Å². The fourth-order valence-corrected chi connectivity index (χ4v) is 3.38. The highest BCUT2D eigenvalue weighted by atomic mass is 19.1. The van der Waals surface area contributed by atoms with Crippen LogP contribution in [0, 0.1) is 11.2 Å². The first-order valence-corrected chi connectivity index (χ1v) is 8.99. The lowest BCUT2D eigenvalue weighted by atomic mass is 9.80. The lowest BCUT2D eigenvalue weighted by Gasteiger charge is -2.39. The normalized spacial score (nSPS) is 19.1. The van der Waals surface area contributed by atoms with E-state index in [0.29, 0.717) is 24.9 Å². The zero-order valence-electron chi connectivity index (χ0n) is 15.4. The number of carbonyl (C=O) groups is 3. The third kappa shape index (κ3) is 4.03. The monoisotopic (exact) mass is 384 g/mol. The van der Waals surface area contributed by atoms with Crippen LogP contribution in [0.15, 0.2) is 48.5 Å². The van der Waals surface area contributed by atoms with Gasteiger partial charge in [-0.25, -0.2) is 9.18 Å². The van der Waals surface area contributed by atoms with Crippen LogP contribution >= 0.6 is 0 Å². The molecular formula is C21H21FN2O4. The molecule has 2 amide bonds. The minimum Gasteiger partial charge on any atom is -0.478 e. The average Bonchev–Trinajstić information content (AvgIpc) is 2.69. The van der Waals surface area contributed by atoms with Crippen LogP contribution in [-0.2, 0) is 4.79 Å². The molecule has 6 nitrogen and oxygen atoms in total. The molecule has 2 aromatic rings. The average molecular weight is 384 g/mol. The van der Waals surface area contributed by atoms with Crippen LogP contribution in [0.1, 0.15) is 40.5 Å². The summed E-state index contributed by atoms with van der Waals surface area (Å²) in [5.74, 6) is -2.60. The third-order valence-electron chi connectivity index (χ3n) is 5.02. The molecule has 0 aliphatic carbocycles. The summed E-state index contributed by atoms with van der Waals surface area (Å²) in [7, 11) is 0. The van der Waals surface area contributed by atoms with Gasteiger partial charge in [0, 0.05) is 18.7 Å². The van der Waals surface area contributed by atoms with E-state index in [0.717, 1.165) is 6.07 Å². The number of hydrogen-bond donors (Lipinski definition) is 2. The van der Waals surface area contributed by atoms with E-state index in [-0.39, 0.29) is 23.7 Å². The minimum absolute atomic E-state index is 0.0808. The Kier molecular flexibility index (Phi) is 5.44. The number of nitrogens with one attached hydrogen (secondary N) is 1. The van der Waals surface area contributed by atoms with Gasteiger partial charge in [0.2, 0.25) is 5.91 Å². The highest BCUT2D eigenvalue weighted by Crippen LogP contribution is 2.32. The Morgan fingerprint density at radius 3 is 2.46 bits per heavy atom. The van der Waals surface area contributed by atoms with Crippen molar-refractivity contribution in [3.63, 3.8) is 0 Å². The maximum atomic E-state index is 14.1. The van der Waals surface area contributed by atoms with Crippen molar-refractivity contribution in [1.82, 2.24) is 4.90 Å². The molecule has 0 saturated carbocycles. The molecule has 1 atom stereocenters. The molecule has 0 bridgehead atoms. The van der Waals surface area contributed by atoms with Crippen LogP contribution in [0.2, 0.25) is 0 Å². The van der Waals surface area contributed by atoms with Gasteiger partial charge < -0.3 is 15.3 Å². The van der Waals surface area contributed by atoms with Crippen molar-refractivity contribution in [3.05, 3.63) is 65.5 Å². The number of rotatable bonds is 4. The summed E-state index contributed by atoms with van der Waals surface area (Å²) in [6.45, 7) is 2.52. The first-order chi connectivity index (χ1) is 13.3. The van der Waals surface area contributed by atoms with E-state index in [9.17, 15) is 18.8 Å². The number of benzene rings is 2. The number of halogens is 1. The molecule has 28 heavy (non-hydrogen) atoms. The number of aromatic carboxylic acids is 1. The maximum Gasteiger partial charge on any atom is 0.335 e. The van der Waals surface area contributed by atoms with E-state index in [2.05, 4.69) is 5.32 Å². The number of anilines is 1. The molecule has 3 rings (SSSR count). The Balaban J connectivity index is 1.74. The van der Waals surface area contributed by atoms with E-state index in [1.807, 2.05) is 6.07 Å². The van der Waals surface area contributed by atoms with E-state index >= 15 is 0 Å². The predicted octanol–water partition coefficient (Wildman–Crippen LogP) is 3.40. The quantitative estimate of drug-likeness (QED) is 0.846. The number of carboxylic acids is 1. The maximum absolute atomic E-state index is 14.1. The van der Waals surface area contributed by atoms with Gasteiger partial charge in [0.1, 0.15) is 5.82 Å². The molecule has 1 unspecified atom stereocenters. The first-order valence-electron chi connectivity index (χ1n) is 8.99. The number of hydrogen-bond acceptors (Lipinski definition) is 3. The second-order valence-corrected chi connectivity index (χ2v) is 7.21. The van der Waals surface area contributed by atoms with E-state index < -0.39 is 23.1 Å². The lowest BCUT2D eigenvalue weighted by molar-refractivity contribution is -0.127. The smallest absolute Gasteiger partial charge is 0.335 e. The van der Waals surface area contributed by atoms with E-state index in [4.69, 9.17) is 5.11 Å². The first kappa shape index (κ1) is 19.5. The fraction of sp³-hybridized carbons (Fsp3) is 0.286. The molecule has 0 spiro atoms.